The van der Waals surface area contributed by atoms with Crippen LogP contribution in [0, 0.1) is 0 Å². The third kappa shape index (κ3) is 2.95. The van der Waals surface area contributed by atoms with Crippen LogP contribution >= 0.6 is 23.1 Å². The van der Waals surface area contributed by atoms with Gasteiger partial charge in [0.05, 0.1) is 5.69 Å². The zero-order valence-electron chi connectivity index (χ0n) is 7.16. The minimum absolute atomic E-state index is 0.174. The fourth-order valence-corrected chi connectivity index (χ4v) is 2.56. The average Bonchev–Trinajstić information content (AvgIpc) is 2.36. The van der Waals surface area contributed by atoms with Gasteiger partial charge in [0, 0.05) is 11.8 Å². The van der Waals surface area contributed by atoms with Crippen molar-refractivity contribution in [3.05, 3.63) is 11.1 Å². The second kappa shape index (κ2) is 4.62. The smallest absolute Gasteiger partial charge is 0.150 e. The van der Waals surface area contributed by atoms with Crippen molar-refractivity contribution in [2.75, 3.05) is 5.75 Å². The van der Waals surface area contributed by atoms with Crippen LogP contribution in [0.15, 0.2) is 9.72 Å². The molecule has 2 nitrogen and oxygen atoms in total. The predicted molar refractivity (Wildman–Crippen MR) is 52.9 cm³/mol. The summed E-state index contributed by atoms with van der Waals surface area (Å²) in [6.07, 6.45) is 0.473. The summed E-state index contributed by atoms with van der Waals surface area (Å²) in [6, 6.07) is 0. The van der Waals surface area contributed by atoms with Crippen molar-refractivity contribution in [3.8, 4) is 0 Å². The molecular formula is C8H11NOS2. The van der Waals surface area contributed by atoms with Crippen LogP contribution in [0.5, 0.6) is 0 Å². The summed E-state index contributed by atoms with van der Waals surface area (Å²) in [7, 11) is 0. The van der Waals surface area contributed by atoms with Crippen LogP contribution in [0.4, 0.5) is 0 Å². The molecule has 12 heavy (non-hydrogen) atoms. The van der Waals surface area contributed by atoms with Gasteiger partial charge in [0.2, 0.25) is 0 Å². The van der Waals surface area contributed by atoms with Crippen molar-refractivity contribution >= 4 is 28.9 Å². The lowest BCUT2D eigenvalue weighted by Gasteiger charge is -1.89. The number of aromatic nitrogens is 1. The zero-order chi connectivity index (χ0) is 8.97. The first-order valence-electron chi connectivity index (χ1n) is 3.79. The van der Waals surface area contributed by atoms with Gasteiger partial charge in [-0.15, -0.1) is 11.3 Å². The molecule has 1 heterocycles. The molecule has 66 valence electrons. The normalized spacial score (nSPS) is 10.2. The summed E-state index contributed by atoms with van der Waals surface area (Å²) in [5, 5.41) is 1.96. The monoisotopic (exact) mass is 201 g/mol. The topological polar surface area (TPSA) is 30.0 Å². The molecule has 0 fully saturated rings. The van der Waals surface area contributed by atoms with Gasteiger partial charge < -0.3 is 0 Å². The molecule has 1 aromatic rings. The minimum atomic E-state index is 0.174. The first kappa shape index (κ1) is 9.74. The molecule has 1 aromatic heterocycles. The Balaban J connectivity index is 2.58. The van der Waals surface area contributed by atoms with Crippen LogP contribution < -0.4 is 0 Å². The highest BCUT2D eigenvalue weighted by molar-refractivity contribution is 8.00. The maximum atomic E-state index is 10.7. The Hall–Kier alpha value is -0.350. The van der Waals surface area contributed by atoms with Gasteiger partial charge in [0.1, 0.15) is 10.1 Å². The summed E-state index contributed by atoms with van der Waals surface area (Å²) in [5.41, 5.74) is 0.906. The molecule has 0 saturated heterocycles. The quantitative estimate of drug-likeness (QED) is 0.701. The number of thiazole rings is 1. The molecule has 0 aliphatic carbocycles. The third-order valence-corrected chi connectivity index (χ3v) is 3.18. The number of ketones is 1. The van der Waals surface area contributed by atoms with Gasteiger partial charge in [0.25, 0.3) is 0 Å². The molecule has 0 aromatic carbocycles. The maximum absolute atomic E-state index is 10.7. The maximum Gasteiger partial charge on any atom is 0.150 e. The lowest BCUT2D eigenvalue weighted by molar-refractivity contribution is -0.116. The number of hydrogen-bond acceptors (Lipinski definition) is 4. The number of carbonyl (C=O) groups excluding carboxylic acids is 1. The Kier molecular flexibility index (Phi) is 3.75. The van der Waals surface area contributed by atoms with Crippen LogP contribution in [-0.2, 0) is 11.2 Å². The molecule has 0 spiro atoms. The van der Waals surface area contributed by atoms with E-state index in [4.69, 9.17) is 0 Å². The molecule has 1 rings (SSSR count). The summed E-state index contributed by atoms with van der Waals surface area (Å²) >= 11 is 3.34. The Bertz CT molecular complexity index is 270. The number of nitrogens with zero attached hydrogens (tertiary/aromatic N) is 1. The SMILES string of the molecule is CCSc1nc(CC(C)=O)cs1. The van der Waals surface area contributed by atoms with Crippen LogP contribution in [0.25, 0.3) is 0 Å². The molecule has 0 aliphatic rings. The van der Waals surface area contributed by atoms with E-state index in [1.165, 1.54) is 0 Å². The zero-order valence-corrected chi connectivity index (χ0v) is 8.80. The van der Waals surface area contributed by atoms with Crippen LogP contribution in [0.1, 0.15) is 19.5 Å². The summed E-state index contributed by atoms with van der Waals surface area (Å²) in [4.78, 5) is 15.0. The molecule has 0 N–H and O–H groups in total. The number of hydrogen-bond donors (Lipinski definition) is 0. The summed E-state index contributed by atoms with van der Waals surface area (Å²) in [5.74, 6) is 1.21. The molecule has 0 saturated carbocycles. The fraction of sp³-hybridized carbons (Fsp3) is 0.500. The van der Waals surface area contributed by atoms with Crippen molar-refractivity contribution in [2.24, 2.45) is 0 Å². The highest BCUT2D eigenvalue weighted by Gasteiger charge is 2.03. The van der Waals surface area contributed by atoms with Crippen LogP contribution in [0.2, 0.25) is 0 Å². The molecule has 0 bridgehead atoms. The van der Waals surface area contributed by atoms with Crippen molar-refractivity contribution in [3.63, 3.8) is 0 Å². The van der Waals surface area contributed by atoms with Gasteiger partial charge in [0.15, 0.2) is 0 Å². The van der Waals surface area contributed by atoms with Gasteiger partial charge in [-0.05, 0) is 12.7 Å². The van der Waals surface area contributed by atoms with E-state index in [0.29, 0.717) is 6.42 Å². The Morgan fingerprint density at radius 3 is 3.08 bits per heavy atom. The van der Waals surface area contributed by atoms with E-state index >= 15 is 0 Å². The summed E-state index contributed by atoms with van der Waals surface area (Å²) in [6.45, 7) is 3.68. The second-order valence-corrected chi connectivity index (χ2v) is 4.79. The van der Waals surface area contributed by atoms with E-state index in [9.17, 15) is 4.79 Å². The molecule has 0 atom stereocenters. The lowest BCUT2D eigenvalue weighted by atomic mass is 10.3. The van der Waals surface area contributed by atoms with Crippen LogP contribution in [-0.4, -0.2) is 16.5 Å². The van der Waals surface area contributed by atoms with E-state index in [1.54, 1.807) is 30.0 Å². The van der Waals surface area contributed by atoms with E-state index in [2.05, 4.69) is 11.9 Å². The van der Waals surface area contributed by atoms with Crippen molar-refractivity contribution in [2.45, 2.75) is 24.6 Å². The van der Waals surface area contributed by atoms with Gasteiger partial charge in [-0.1, -0.05) is 18.7 Å². The van der Waals surface area contributed by atoms with E-state index in [-0.39, 0.29) is 5.78 Å². The predicted octanol–water partition coefficient (Wildman–Crippen LogP) is 2.39. The largest absolute Gasteiger partial charge is 0.300 e. The van der Waals surface area contributed by atoms with E-state index < -0.39 is 0 Å². The van der Waals surface area contributed by atoms with Gasteiger partial charge in [-0.3, -0.25) is 4.79 Å². The van der Waals surface area contributed by atoms with Gasteiger partial charge >= 0.3 is 0 Å². The minimum Gasteiger partial charge on any atom is -0.300 e. The molecule has 0 aliphatic heterocycles. The Morgan fingerprint density at radius 1 is 1.75 bits per heavy atom. The molecule has 4 heteroatoms. The van der Waals surface area contributed by atoms with Gasteiger partial charge in [-0.25, -0.2) is 4.98 Å². The lowest BCUT2D eigenvalue weighted by Crippen LogP contribution is -1.95. The first-order chi connectivity index (χ1) is 5.72. The van der Waals surface area contributed by atoms with Crippen molar-refractivity contribution in [1.29, 1.82) is 0 Å². The first-order valence-corrected chi connectivity index (χ1v) is 5.65. The number of thioether (sulfide) groups is 1. The number of carbonyl (C=O) groups is 1. The van der Waals surface area contributed by atoms with Gasteiger partial charge in [-0.2, -0.15) is 0 Å². The molecule has 0 unspecified atom stereocenters. The van der Waals surface area contributed by atoms with Crippen molar-refractivity contribution in [1.82, 2.24) is 4.98 Å². The molecule has 0 radical (unpaired) electrons. The molecular weight excluding hydrogens is 190 g/mol. The standard InChI is InChI=1S/C8H11NOS2/c1-3-11-8-9-7(5-12-8)4-6(2)10/h5H,3-4H2,1-2H3. The average molecular weight is 201 g/mol. The van der Waals surface area contributed by atoms with E-state index in [1.807, 2.05) is 5.38 Å². The van der Waals surface area contributed by atoms with E-state index in [0.717, 1.165) is 15.8 Å². The Morgan fingerprint density at radius 2 is 2.50 bits per heavy atom. The van der Waals surface area contributed by atoms with Crippen molar-refractivity contribution < 1.29 is 4.79 Å². The second-order valence-electron chi connectivity index (χ2n) is 2.42. The fourth-order valence-electron chi connectivity index (χ4n) is 0.814. The third-order valence-electron chi connectivity index (χ3n) is 1.23. The highest BCUT2D eigenvalue weighted by atomic mass is 32.2. The highest BCUT2D eigenvalue weighted by Crippen LogP contribution is 2.22. The summed E-state index contributed by atoms with van der Waals surface area (Å²) < 4.78 is 1.06. The number of Topliss-reactive ketones (excluding diaryl/α,β-unsaturated/α-hetero) is 1. The molecule has 0 amide bonds. The van der Waals surface area contributed by atoms with Crippen LogP contribution in [0.3, 0.4) is 0 Å². The number of rotatable bonds is 4. The Labute approximate surface area is 80.4 Å².